The van der Waals surface area contributed by atoms with Gasteiger partial charge in [0.1, 0.15) is 5.75 Å². The molecule has 0 radical (unpaired) electrons. The topological polar surface area (TPSA) is 105 Å². The van der Waals surface area contributed by atoms with E-state index in [-0.39, 0.29) is 23.0 Å². The van der Waals surface area contributed by atoms with E-state index in [9.17, 15) is 18.0 Å². The molecule has 0 unspecified atom stereocenters. The van der Waals surface area contributed by atoms with Crippen molar-refractivity contribution in [3.63, 3.8) is 0 Å². The number of rotatable bonds is 7. The van der Waals surface area contributed by atoms with E-state index in [0.29, 0.717) is 23.7 Å². The summed E-state index contributed by atoms with van der Waals surface area (Å²) in [5, 5.41) is 5.21. The van der Waals surface area contributed by atoms with Gasteiger partial charge in [0.25, 0.3) is 21.8 Å². The Kier molecular flexibility index (Phi) is 6.83. The molecule has 176 valence electrons. The maximum atomic E-state index is 13.4. The molecule has 0 saturated heterocycles. The fourth-order valence-corrected chi connectivity index (χ4v) is 5.35. The lowest BCUT2D eigenvalue weighted by atomic mass is 10.0. The van der Waals surface area contributed by atoms with Gasteiger partial charge in [0.2, 0.25) is 0 Å². The monoisotopic (exact) mass is 479 g/mol. The second kappa shape index (κ2) is 9.96. The van der Waals surface area contributed by atoms with Gasteiger partial charge in [0, 0.05) is 30.9 Å². The van der Waals surface area contributed by atoms with Crippen LogP contribution in [0, 0.1) is 0 Å². The standard InChI is InChI=1S/C25H25N3O5S/c1-26-24(29)17-33-21-11-5-10-20(16-21)27-25(30)19-8-4-12-22(15-19)34(31,32)28-14-6-9-18-7-2-3-13-23(18)28/h2-5,7-8,10-13,15-16H,6,9,14,17H2,1H3,(H,26,29)(H,27,30). The van der Waals surface area contributed by atoms with Gasteiger partial charge < -0.3 is 15.4 Å². The maximum Gasteiger partial charge on any atom is 0.264 e. The smallest absolute Gasteiger partial charge is 0.264 e. The molecule has 3 aromatic rings. The maximum absolute atomic E-state index is 13.4. The molecule has 0 atom stereocenters. The average Bonchev–Trinajstić information content (AvgIpc) is 2.87. The van der Waals surface area contributed by atoms with Gasteiger partial charge in [-0.05, 0) is 54.8 Å². The molecule has 34 heavy (non-hydrogen) atoms. The highest BCUT2D eigenvalue weighted by Crippen LogP contribution is 2.32. The summed E-state index contributed by atoms with van der Waals surface area (Å²) < 4.78 is 33.7. The summed E-state index contributed by atoms with van der Waals surface area (Å²) in [6.45, 7) is 0.242. The number of likely N-dealkylation sites (N-methyl/N-ethyl adjacent to an activating group) is 1. The number of amides is 2. The number of carbonyl (C=O) groups is 2. The molecule has 8 nitrogen and oxygen atoms in total. The molecule has 3 aromatic carbocycles. The van der Waals surface area contributed by atoms with Crippen LogP contribution in [-0.2, 0) is 21.2 Å². The van der Waals surface area contributed by atoms with E-state index < -0.39 is 15.9 Å². The zero-order valence-corrected chi connectivity index (χ0v) is 19.5. The van der Waals surface area contributed by atoms with Gasteiger partial charge in [-0.3, -0.25) is 13.9 Å². The SMILES string of the molecule is CNC(=O)COc1cccc(NC(=O)c2cccc(S(=O)(=O)N3CCCc4ccccc43)c2)c1. The first-order valence-corrected chi connectivity index (χ1v) is 12.3. The Bertz CT molecular complexity index is 1320. The molecule has 1 heterocycles. The van der Waals surface area contributed by atoms with Crippen molar-refractivity contribution in [2.45, 2.75) is 17.7 Å². The van der Waals surface area contributed by atoms with Crippen LogP contribution in [-0.4, -0.2) is 40.4 Å². The molecule has 1 aliphatic rings. The molecule has 0 bridgehead atoms. The highest BCUT2D eigenvalue weighted by Gasteiger charge is 2.29. The fraction of sp³-hybridized carbons (Fsp3) is 0.200. The molecule has 0 fully saturated rings. The second-order valence-electron chi connectivity index (χ2n) is 7.78. The zero-order chi connectivity index (χ0) is 24.1. The largest absolute Gasteiger partial charge is 0.484 e. The van der Waals surface area contributed by atoms with Crippen LogP contribution < -0.4 is 19.7 Å². The van der Waals surface area contributed by atoms with Crippen LogP contribution in [0.25, 0.3) is 0 Å². The van der Waals surface area contributed by atoms with Crippen LogP contribution in [0.15, 0.2) is 77.7 Å². The van der Waals surface area contributed by atoms with Crippen molar-refractivity contribution in [1.82, 2.24) is 5.32 Å². The molecule has 9 heteroatoms. The summed E-state index contributed by atoms with van der Waals surface area (Å²) in [6, 6.07) is 20.1. The first kappa shape index (κ1) is 23.3. The third-order valence-electron chi connectivity index (χ3n) is 5.49. The number of para-hydroxylation sites is 1. The summed E-state index contributed by atoms with van der Waals surface area (Å²) in [5.74, 6) is -0.315. The predicted molar refractivity (Wildman–Crippen MR) is 130 cm³/mol. The van der Waals surface area contributed by atoms with Gasteiger partial charge in [0.15, 0.2) is 6.61 Å². The van der Waals surface area contributed by atoms with Gasteiger partial charge in [-0.1, -0.05) is 30.3 Å². The molecule has 1 aliphatic heterocycles. The van der Waals surface area contributed by atoms with Crippen molar-refractivity contribution in [3.8, 4) is 5.75 Å². The minimum Gasteiger partial charge on any atom is -0.484 e. The number of fused-ring (bicyclic) bond motifs is 1. The van der Waals surface area contributed by atoms with Crippen LogP contribution in [0.5, 0.6) is 5.75 Å². The Morgan fingerprint density at radius 3 is 2.62 bits per heavy atom. The van der Waals surface area contributed by atoms with Crippen LogP contribution >= 0.6 is 0 Å². The lowest BCUT2D eigenvalue weighted by Gasteiger charge is -2.30. The third-order valence-corrected chi connectivity index (χ3v) is 7.30. The first-order chi connectivity index (χ1) is 16.4. The number of benzene rings is 3. The van der Waals surface area contributed by atoms with Gasteiger partial charge >= 0.3 is 0 Å². The molecule has 0 saturated carbocycles. The number of carbonyl (C=O) groups excluding carboxylic acids is 2. The summed E-state index contributed by atoms with van der Waals surface area (Å²) in [7, 11) is -2.32. The Hall–Kier alpha value is -3.85. The number of hydrogen-bond acceptors (Lipinski definition) is 5. The number of nitrogens with zero attached hydrogens (tertiary/aromatic N) is 1. The number of hydrogen-bond donors (Lipinski definition) is 2. The van der Waals surface area contributed by atoms with Crippen LogP contribution in [0.2, 0.25) is 0 Å². The predicted octanol–water partition coefficient (Wildman–Crippen LogP) is 3.21. The number of aryl methyl sites for hydroxylation is 1. The zero-order valence-electron chi connectivity index (χ0n) is 18.7. The van der Waals surface area contributed by atoms with Crippen molar-refractivity contribution in [1.29, 1.82) is 0 Å². The molecule has 0 aromatic heterocycles. The Balaban J connectivity index is 1.53. The second-order valence-corrected chi connectivity index (χ2v) is 9.64. The van der Waals surface area contributed by atoms with E-state index in [4.69, 9.17) is 4.74 Å². The highest BCUT2D eigenvalue weighted by molar-refractivity contribution is 7.92. The van der Waals surface area contributed by atoms with Crippen molar-refractivity contribution in [3.05, 3.63) is 83.9 Å². The summed E-state index contributed by atoms with van der Waals surface area (Å²) in [6.07, 6.45) is 1.56. The number of nitrogens with one attached hydrogen (secondary N) is 2. The summed E-state index contributed by atoms with van der Waals surface area (Å²) in [5.41, 5.74) is 2.34. The summed E-state index contributed by atoms with van der Waals surface area (Å²) in [4.78, 5) is 24.3. The fourth-order valence-electron chi connectivity index (χ4n) is 3.76. The van der Waals surface area contributed by atoms with Crippen molar-refractivity contribution < 1.29 is 22.7 Å². The van der Waals surface area contributed by atoms with Crippen molar-refractivity contribution in [2.24, 2.45) is 0 Å². The van der Waals surface area contributed by atoms with Crippen LogP contribution in [0.3, 0.4) is 0 Å². The van der Waals surface area contributed by atoms with Gasteiger partial charge in [-0.15, -0.1) is 0 Å². The number of sulfonamides is 1. The van der Waals surface area contributed by atoms with Gasteiger partial charge in [-0.2, -0.15) is 0 Å². The van der Waals surface area contributed by atoms with Gasteiger partial charge in [-0.25, -0.2) is 8.42 Å². The van der Waals surface area contributed by atoms with Crippen molar-refractivity contribution >= 4 is 33.2 Å². The van der Waals surface area contributed by atoms with E-state index in [0.717, 1.165) is 18.4 Å². The van der Waals surface area contributed by atoms with E-state index in [2.05, 4.69) is 10.6 Å². The number of ether oxygens (including phenoxy) is 1. The molecular formula is C25H25N3O5S. The summed E-state index contributed by atoms with van der Waals surface area (Å²) >= 11 is 0. The normalized spacial score (nSPS) is 13.0. The van der Waals surface area contributed by atoms with Crippen LogP contribution in [0.4, 0.5) is 11.4 Å². The molecule has 4 rings (SSSR count). The Morgan fingerprint density at radius 1 is 1.00 bits per heavy atom. The molecule has 2 amide bonds. The lowest BCUT2D eigenvalue weighted by Crippen LogP contribution is -2.35. The Morgan fingerprint density at radius 2 is 1.79 bits per heavy atom. The van der Waals surface area contributed by atoms with Gasteiger partial charge in [0.05, 0.1) is 10.6 Å². The molecular weight excluding hydrogens is 454 g/mol. The molecule has 0 spiro atoms. The van der Waals surface area contributed by atoms with Crippen molar-refractivity contribution in [2.75, 3.05) is 29.8 Å². The lowest BCUT2D eigenvalue weighted by molar-refractivity contribution is -0.122. The quantitative estimate of drug-likeness (QED) is 0.542. The molecule has 0 aliphatic carbocycles. The minimum absolute atomic E-state index is 0.0551. The third kappa shape index (κ3) is 5.04. The minimum atomic E-state index is -3.83. The first-order valence-electron chi connectivity index (χ1n) is 10.8. The highest BCUT2D eigenvalue weighted by atomic mass is 32.2. The van der Waals surface area contributed by atoms with E-state index in [1.54, 1.807) is 36.4 Å². The van der Waals surface area contributed by atoms with E-state index >= 15 is 0 Å². The average molecular weight is 480 g/mol. The van der Waals surface area contributed by atoms with E-state index in [1.165, 1.54) is 23.5 Å². The van der Waals surface area contributed by atoms with Crippen LogP contribution in [0.1, 0.15) is 22.3 Å². The number of anilines is 2. The molecule has 2 N–H and O–H groups in total. The van der Waals surface area contributed by atoms with E-state index in [1.807, 2.05) is 24.3 Å². The Labute approximate surface area is 198 Å².